The molecule has 0 radical (unpaired) electrons. The molecule has 1 fully saturated rings. The summed E-state index contributed by atoms with van der Waals surface area (Å²) >= 11 is 0. The highest BCUT2D eigenvalue weighted by Gasteiger charge is 2.33. The molecule has 1 N–H and O–H groups in total. The van der Waals surface area contributed by atoms with Crippen molar-refractivity contribution in [3.8, 4) is 0 Å². The predicted octanol–water partition coefficient (Wildman–Crippen LogP) is 0.616. The van der Waals surface area contributed by atoms with E-state index in [-0.39, 0.29) is 18.4 Å². The van der Waals surface area contributed by atoms with Gasteiger partial charge in [-0.25, -0.2) is 8.42 Å². The van der Waals surface area contributed by atoms with Gasteiger partial charge in [0.05, 0.1) is 5.69 Å². The van der Waals surface area contributed by atoms with E-state index >= 15 is 0 Å². The van der Waals surface area contributed by atoms with E-state index in [9.17, 15) is 8.42 Å². The average Bonchev–Trinajstić information content (AvgIpc) is 2.71. The van der Waals surface area contributed by atoms with Crippen LogP contribution in [0.2, 0.25) is 0 Å². The van der Waals surface area contributed by atoms with Crippen molar-refractivity contribution >= 4 is 22.4 Å². The van der Waals surface area contributed by atoms with Crippen molar-refractivity contribution in [2.75, 3.05) is 19.6 Å². The summed E-state index contributed by atoms with van der Waals surface area (Å²) in [6.07, 6.45) is 0. The van der Waals surface area contributed by atoms with E-state index in [1.807, 2.05) is 20.8 Å². The van der Waals surface area contributed by atoms with Crippen LogP contribution in [0.4, 0.5) is 0 Å². The Balaban J connectivity index is 0.00000180. The van der Waals surface area contributed by atoms with Gasteiger partial charge in [0, 0.05) is 32.2 Å². The SMILES string of the molecule is CCn1nc(C)cc1S(=O)(=O)N1CCNCC1C.Cl. The van der Waals surface area contributed by atoms with Crippen molar-refractivity contribution in [3.05, 3.63) is 11.8 Å². The zero-order chi connectivity index (χ0) is 13.3. The summed E-state index contributed by atoms with van der Waals surface area (Å²) in [4.78, 5) is 0. The van der Waals surface area contributed by atoms with Gasteiger partial charge in [-0.05, 0) is 26.8 Å². The van der Waals surface area contributed by atoms with Gasteiger partial charge in [-0.1, -0.05) is 0 Å². The van der Waals surface area contributed by atoms with Crippen LogP contribution in [0.5, 0.6) is 0 Å². The fraction of sp³-hybridized carbons (Fsp3) is 0.727. The highest BCUT2D eigenvalue weighted by Crippen LogP contribution is 2.20. The summed E-state index contributed by atoms with van der Waals surface area (Å²) in [5.41, 5.74) is 0.734. The fourth-order valence-electron chi connectivity index (χ4n) is 2.26. The first kappa shape index (κ1) is 16.4. The zero-order valence-corrected chi connectivity index (χ0v) is 13.1. The Kier molecular flexibility index (Phi) is 5.37. The Morgan fingerprint density at radius 2 is 2.21 bits per heavy atom. The molecule has 2 rings (SSSR count). The molecule has 0 saturated carbocycles. The second-order valence-electron chi connectivity index (χ2n) is 4.61. The molecule has 0 aromatic carbocycles. The van der Waals surface area contributed by atoms with E-state index in [0.29, 0.717) is 31.2 Å². The molecule has 1 aromatic heterocycles. The number of nitrogens with one attached hydrogen (secondary N) is 1. The molecular weight excluding hydrogens is 288 g/mol. The number of piperazine rings is 1. The topological polar surface area (TPSA) is 67.2 Å². The maximum Gasteiger partial charge on any atom is 0.260 e. The van der Waals surface area contributed by atoms with E-state index in [2.05, 4.69) is 10.4 Å². The van der Waals surface area contributed by atoms with Gasteiger partial charge in [0.25, 0.3) is 10.0 Å². The second kappa shape index (κ2) is 6.21. The van der Waals surface area contributed by atoms with E-state index < -0.39 is 10.0 Å². The molecule has 6 nitrogen and oxygen atoms in total. The minimum absolute atomic E-state index is 0. The van der Waals surface area contributed by atoms with Crippen LogP contribution in [0.3, 0.4) is 0 Å². The van der Waals surface area contributed by atoms with Crippen molar-refractivity contribution in [2.45, 2.75) is 38.4 Å². The van der Waals surface area contributed by atoms with Crippen LogP contribution < -0.4 is 5.32 Å². The lowest BCUT2D eigenvalue weighted by molar-refractivity contribution is 0.281. The third-order valence-electron chi connectivity index (χ3n) is 3.18. The van der Waals surface area contributed by atoms with Gasteiger partial charge < -0.3 is 5.32 Å². The Morgan fingerprint density at radius 1 is 1.53 bits per heavy atom. The monoisotopic (exact) mass is 308 g/mol. The highest BCUT2D eigenvalue weighted by atomic mass is 35.5. The molecule has 1 aliphatic heterocycles. The van der Waals surface area contributed by atoms with Gasteiger partial charge in [0.2, 0.25) is 0 Å². The van der Waals surface area contributed by atoms with Crippen LogP contribution in [0.15, 0.2) is 11.1 Å². The Morgan fingerprint density at radius 3 is 2.79 bits per heavy atom. The Labute approximate surface area is 120 Å². The standard InChI is InChI=1S/C11H20N4O2S.ClH/c1-4-14-11(7-9(2)13-14)18(16,17)15-6-5-12-8-10(15)3;/h7,10,12H,4-6,8H2,1-3H3;1H. The summed E-state index contributed by atoms with van der Waals surface area (Å²) in [6.45, 7) is 8.09. The number of aryl methyl sites for hydroxylation is 2. The van der Waals surface area contributed by atoms with Crippen molar-refractivity contribution in [1.82, 2.24) is 19.4 Å². The lowest BCUT2D eigenvalue weighted by Crippen LogP contribution is -2.52. The first-order valence-corrected chi connectivity index (χ1v) is 7.68. The largest absolute Gasteiger partial charge is 0.314 e. The van der Waals surface area contributed by atoms with Crippen LogP contribution in [0.25, 0.3) is 0 Å². The van der Waals surface area contributed by atoms with Crippen molar-refractivity contribution in [2.24, 2.45) is 0 Å². The summed E-state index contributed by atoms with van der Waals surface area (Å²) in [6, 6.07) is 1.62. The van der Waals surface area contributed by atoms with Gasteiger partial charge in [-0.2, -0.15) is 9.40 Å². The number of aromatic nitrogens is 2. The van der Waals surface area contributed by atoms with Crippen molar-refractivity contribution in [3.63, 3.8) is 0 Å². The van der Waals surface area contributed by atoms with E-state index in [1.54, 1.807) is 15.1 Å². The lowest BCUT2D eigenvalue weighted by atomic mass is 10.3. The van der Waals surface area contributed by atoms with Gasteiger partial charge in [0.15, 0.2) is 5.03 Å². The van der Waals surface area contributed by atoms with Crippen LogP contribution in [0.1, 0.15) is 19.5 Å². The third kappa shape index (κ3) is 3.10. The minimum Gasteiger partial charge on any atom is -0.314 e. The van der Waals surface area contributed by atoms with Crippen LogP contribution in [-0.2, 0) is 16.6 Å². The quantitative estimate of drug-likeness (QED) is 0.889. The fourth-order valence-corrected chi connectivity index (χ4v) is 4.13. The van der Waals surface area contributed by atoms with Gasteiger partial charge in [0.1, 0.15) is 0 Å². The summed E-state index contributed by atoms with van der Waals surface area (Å²) in [5, 5.41) is 7.71. The molecule has 1 atom stereocenters. The molecule has 1 saturated heterocycles. The van der Waals surface area contributed by atoms with E-state index in [0.717, 1.165) is 5.69 Å². The molecule has 1 aliphatic rings. The maximum atomic E-state index is 12.6. The Hall–Kier alpha value is -0.630. The molecule has 2 heterocycles. The third-order valence-corrected chi connectivity index (χ3v) is 5.20. The number of sulfonamides is 1. The van der Waals surface area contributed by atoms with Gasteiger partial charge >= 0.3 is 0 Å². The Bertz CT molecular complexity index is 529. The van der Waals surface area contributed by atoms with E-state index in [1.165, 1.54) is 0 Å². The normalized spacial score (nSPS) is 21.1. The molecule has 1 aromatic rings. The van der Waals surface area contributed by atoms with Crippen molar-refractivity contribution < 1.29 is 8.42 Å². The molecule has 0 amide bonds. The number of hydrogen-bond donors (Lipinski definition) is 1. The molecule has 110 valence electrons. The van der Waals surface area contributed by atoms with Crippen LogP contribution in [-0.4, -0.2) is 48.2 Å². The highest BCUT2D eigenvalue weighted by molar-refractivity contribution is 7.89. The summed E-state index contributed by atoms with van der Waals surface area (Å²) in [5.74, 6) is 0. The summed E-state index contributed by atoms with van der Waals surface area (Å²) < 4.78 is 28.4. The van der Waals surface area contributed by atoms with Gasteiger partial charge in [-0.15, -0.1) is 12.4 Å². The molecule has 0 spiro atoms. The molecule has 19 heavy (non-hydrogen) atoms. The van der Waals surface area contributed by atoms with E-state index in [4.69, 9.17) is 0 Å². The zero-order valence-electron chi connectivity index (χ0n) is 11.5. The number of halogens is 1. The maximum absolute atomic E-state index is 12.6. The molecule has 0 bridgehead atoms. The molecular formula is C11H21ClN4O2S. The first-order chi connectivity index (χ1) is 8.46. The molecule has 8 heteroatoms. The lowest BCUT2D eigenvalue weighted by Gasteiger charge is -2.32. The smallest absolute Gasteiger partial charge is 0.260 e. The minimum atomic E-state index is -3.44. The number of nitrogens with zero attached hydrogens (tertiary/aromatic N) is 3. The van der Waals surface area contributed by atoms with Crippen LogP contribution in [0, 0.1) is 6.92 Å². The van der Waals surface area contributed by atoms with Crippen LogP contribution >= 0.6 is 12.4 Å². The molecule has 1 unspecified atom stereocenters. The first-order valence-electron chi connectivity index (χ1n) is 6.24. The summed E-state index contributed by atoms with van der Waals surface area (Å²) in [7, 11) is -3.44. The predicted molar refractivity (Wildman–Crippen MR) is 76.1 cm³/mol. The second-order valence-corrected chi connectivity index (χ2v) is 6.45. The average molecular weight is 309 g/mol. The number of hydrogen-bond acceptors (Lipinski definition) is 4. The van der Waals surface area contributed by atoms with Crippen molar-refractivity contribution in [1.29, 1.82) is 0 Å². The number of rotatable bonds is 3. The molecule has 0 aliphatic carbocycles. The van der Waals surface area contributed by atoms with Gasteiger partial charge in [-0.3, -0.25) is 4.68 Å².